The van der Waals surface area contributed by atoms with Gasteiger partial charge in [0.25, 0.3) is 0 Å². The highest BCUT2D eigenvalue weighted by Gasteiger charge is 2.41. The highest BCUT2D eigenvalue weighted by atomic mass is 16.5. The lowest BCUT2D eigenvalue weighted by Crippen LogP contribution is -2.24. The Morgan fingerprint density at radius 3 is 2.71 bits per heavy atom. The molecule has 0 spiro atoms. The van der Waals surface area contributed by atoms with Crippen LogP contribution in [0.5, 0.6) is 0 Å². The van der Waals surface area contributed by atoms with Gasteiger partial charge in [-0.3, -0.25) is 4.79 Å². The molecule has 0 aromatic heterocycles. The fourth-order valence-corrected chi connectivity index (χ4v) is 2.89. The smallest absolute Gasteiger partial charge is 0.167 e. The van der Waals surface area contributed by atoms with E-state index in [1.54, 1.807) is 6.08 Å². The first-order valence-electron chi connectivity index (χ1n) is 6.23. The lowest BCUT2D eigenvalue weighted by atomic mass is 9.83. The van der Waals surface area contributed by atoms with Crippen LogP contribution in [0.4, 0.5) is 0 Å². The van der Waals surface area contributed by atoms with Crippen LogP contribution in [0.1, 0.15) is 31.2 Å². The van der Waals surface area contributed by atoms with Crippen LogP contribution in [-0.4, -0.2) is 11.9 Å². The molecule has 0 unspecified atom stereocenters. The zero-order valence-electron chi connectivity index (χ0n) is 9.93. The maximum atomic E-state index is 12.1. The number of ketones is 1. The molecule has 1 aliphatic heterocycles. The van der Waals surface area contributed by atoms with Gasteiger partial charge in [-0.15, -0.1) is 0 Å². The van der Waals surface area contributed by atoms with Crippen LogP contribution in [-0.2, 0) is 9.53 Å². The molecule has 1 aliphatic carbocycles. The molecule has 17 heavy (non-hydrogen) atoms. The number of rotatable bonds is 1. The number of fused-ring (bicyclic) bond motifs is 1. The third kappa shape index (κ3) is 1.78. The molecule has 1 saturated heterocycles. The third-order valence-electron chi connectivity index (χ3n) is 3.74. The van der Waals surface area contributed by atoms with Crippen LogP contribution in [0.2, 0.25) is 0 Å². The van der Waals surface area contributed by atoms with Gasteiger partial charge in [-0.25, -0.2) is 0 Å². The van der Waals surface area contributed by atoms with Gasteiger partial charge in [0, 0.05) is 12.0 Å². The molecular formula is C15H16O2. The topological polar surface area (TPSA) is 26.3 Å². The van der Waals surface area contributed by atoms with Gasteiger partial charge in [0.1, 0.15) is 5.76 Å². The van der Waals surface area contributed by atoms with Gasteiger partial charge >= 0.3 is 0 Å². The highest BCUT2D eigenvalue weighted by Crippen LogP contribution is 2.43. The second-order valence-electron chi connectivity index (χ2n) is 4.95. The van der Waals surface area contributed by atoms with Crippen molar-refractivity contribution >= 4 is 5.78 Å². The Labute approximate surface area is 101 Å². The molecule has 1 aromatic carbocycles. The molecule has 2 nitrogen and oxygen atoms in total. The van der Waals surface area contributed by atoms with Gasteiger partial charge in [-0.1, -0.05) is 30.3 Å². The van der Waals surface area contributed by atoms with Crippen LogP contribution in [0, 0.1) is 5.92 Å². The quantitative estimate of drug-likeness (QED) is 0.738. The Morgan fingerprint density at radius 2 is 1.94 bits per heavy atom. The van der Waals surface area contributed by atoms with E-state index in [0.29, 0.717) is 0 Å². The van der Waals surface area contributed by atoms with E-state index in [2.05, 4.69) is 6.92 Å². The Hall–Kier alpha value is -1.57. The summed E-state index contributed by atoms with van der Waals surface area (Å²) in [5, 5.41) is 0. The van der Waals surface area contributed by atoms with Gasteiger partial charge in [-0.05, 0) is 25.3 Å². The first kappa shape index (κ1) is 10.6. The van der Waals surface area contributed by atoms with Crippen molar-refractivity contribution in [3.8, 4) is 0 Å². The van der Waals surface area contributed by atoms with Crippen molar-refractivity contribution in [2.45, 2.75) is 31.8 Å². The van der Waals surface area contributed by atoms with Gasteiger partial charge in [0.2, 0.25) is 0 Å². The van der Waals surface area contributed by atoms with Gasteiger partial charge in [-0.2, -0.15) is 0 Å². The number of carbonyl (C=O) groups excluding carboxylic acids is 1. The fraction of sp³-hybridized carbons (Fsp3) is 0.400. The number of carbonyl (C=O) groups is 1. The summed E-state index contributed by atoms with van der Waals surface area (Å²) >= 11 is 0. The van der Waals surface area contributed by atoms with Gasteiger partial charge in [0.15, 0.2) is 5.78 Å². The van der Waals surface area contributed by atoms with Crippen molar-refractivity contribution in [3.63, 3.8) is 0 Å². The second kappa shape index (κ2) is 4.02. The summed E-state index contributed by atoms with van der Waals surface area (Å²) in [5.41, 5.74) is 1.12. The van der Waals surface area contributed by atoms with Crippen molar-refractivity contribution in [2.75, 3.05) is 0 Å². The van der Waals surface area contributed by atoms with Gasteiger partial charge < -0.3 is 4.74 Å². The van der Waals surface area contributed by atoms with Crippen molar-refractivity contribution in [1.82, 2.24) is 0 Å². The zero-order chi connectivity index (χ0) is 11.8. The SMILES string of the molecule is C[C@H]1CC[C@@H]2C(=CC(=O)[C@H]2c2ccccc2)O1. The Balaban J connectivity index is 1.92. The molecule has 3 rings (SSSR count). The van der Waals surface area contributed by atoms with E-state index in [1.807, 2.05) is 30.3 Å². The zero-order valence-corrected chi connectivity index (χ0v) is 9.93. The van der Waals surface area contributed by atoms with Crippen molar-refractivity contribution in [1.29, 1.82) is 0 Å². The van der Waals surface area contributed by atoms with Crippen LogP contribution >= 0.6 is 0 Å². The average molecular weight is 228 g/mol. The molecule has 0 amide bonds. The van der Waals surface area contributed by atoms with Crippen LogP contribution < -0.4 is 0 Å². The first-order valence-corrected chi connectivity index (χ1v) is 6.23. The van der Waals surface area contributed by atoms with Crippen molar-refractivity contribution in [2.24, 2.45) is 5.92 Å². The molecular weight excluding hydrogens is 212 g/mol. The van der Waals surface area contributed by atoms with E-state index < -0.39 is 0 Å². The van der Waals surface area contributed by atoms with Crippen LogP contribution in [0.15, 0.2) is 42.2 Å². The summed E-state index contributed by atoms with van der Waals surface area (Å²) in [6, 6.07) is 10.0. The predicted molar refractivity (Wildman–Crippen MR) is 65.5 cm³/mol. The summed E-state index contributed by atoms with van der Waals surface area (Å²) in [6.45, 7) is 2.07. The summed E-state index contributed by atoms with van der Waals surface area (Å²) in [5.74, 6) is 1.35. The third-order valence-corrected chi connectivity index (χ3v) is 3.74. The fourth-order valence-electron chi connectivity index (χ4n) is 2.89. The van der Waals surface area contributed by atoms with E-state index in [1.165, 1.54) is 0 Å². The summed E-state index contributed by atoms with van der Waals surface area (Å²) < 4.78 is 5.77. The van der Waals surface area contributed by atoms with Gasteiger partial charge in [0.05, 0.1) is 12.0 Å². The molecule has 0 N–H and O–H groups in total. The first-order chi connectivity index (χ1) is 8.25. The summed E-state index contributed by atoms with van der Waals surface area (Å²) in [4.78, 5) is 12.1. The highest BCUT2D eigenvalue weighted by molar-refractivity contribution is 5.99. The lowest BCUT2D eigenvalue weighted by molar-refractivity contribution is -0.116. The molecule has 0 saturated carbocycles. The second-order valence-corrected chi connectivity index (χ2v) is 4.95. The maximum Gasteiger partial charge on any atom is 0.167 e. The number of allylic oxidation sites excluding steroid dienone is 2. The minimum atomic E-state index is -0.0151. The largest absolute Gasteiger partial charge is 0.495 e. The number of benzene rings is 1. The maximum absolute atomic E-state index is 12.1. The number of ether oxygens (including phenoxy) is 1. The molecule has 88 valence electrons. The normalized spacial score (nSPS) is 31.7. The Kier molecular flexibility index (Phi) is 2.50. The number of hydrogen-bond donors (Lipinski definition) is 0. The van der Waals surface area contributed by atoms with Crippen LogP contribution in [0.25, 0.3) is 0 Å². The minimum absolute atomic E-state index is 0.0151. The van der Waals surface area contributed by atoms with Crippen molar-refractivity contribution < 1.29 is 9.53 Å². The van der Waals surface area contributed by atoms with E-state index in [0.717, 1.165) is 24.2 Å². The van der Waals surface area contributed by atoms with Crippen LogP contribution in [0.3, 0.4) is 0 Å². The Morgan fingerprint density at radius 1 is 1.18 bits per heavy atom. The monoisotopic (exact) mass is 228 g/mol. The average Bonchev–Trinajstić information content (AvgIpc) is 2.65. The van der Waals surface area contributed by atoms with E-state index >= 15 is 0 Å². The molecule has 3 atom stereocenters. The van der Waals surface area contributed by atoms with E-state index in [-0.39, 0.29) is 23.7 Å². The molecule has 1 heterocycles. The molecule has 1 aromatic rings. The molecule has 0 bridgehead atoms. The minimum Gasteiger partial charge on any atom is -0.495 e. The van der Waals surface area contributed by atoms with E-state index in [4.69, 9.17) is 4.74 Å². The standard InChI is InChI=1S/C15H16O2/c1-10-7-8-12-14(17-10)9-13(16)15(12)11-5-3-2-4-6-11/h2-6,9-10,12,15H,7-8H2,1H3/t10-,12+,15-/m0/s1. The number of hydrogen-bond acceptors (Lipinski definition) is 2. The molecule has 2 heteroatoms. The molecule has 0 radical (unpaired) electrons. The summed E-state index contributed by atoms with van der Waals surface area (Å²) in [6.07, 6.45) is 4.05. The molecule has 1 fully saturated rings. The lowest BCUT2D eigenvalue weighted by Gasteiger charge is -2.30. The predicted octanol–water partition coefficient (Wildman–Crippen LogP) is 3.05. The molecule has 2 aliphatic rings. The van der Waals surface area contributed by atoms with Crippen molar-refractivity contribution in [3.05, 3.63) is 47.7 Å². The summed E-state index contributed by atoms with van der Waals surface area (Å²) in [7, 11) is 0. The Bertz CT molecular complexity index is 461. The van der Waals surface area contributed by atoms with E-state index in [9.17, 15) is 4.79 Å².